The molecule has 3 aromatic carbocycles. The average molecular weight is 463 g/mol. The van der Waals surface area contributed by atoms with E-state index >= 15 is 0 Å². The molecule has 1 atom stereocenters. The van der Waals surface area contributed by atoms with Gasteiger partial charge < -0.3 is 14.6 Å². The summed E-state index contributed by atoms with van der Waals surface area (Å²) in [5, 5.41) is 11.7. The van der Waals surface area contributed by atoms with Crippen LogP contribution in [0.2, 0.25) is 0 Å². The first-order chi connectivity index (χ1) is 16.1. The molecule has 1 unspecified atom stereocenters. The van der Waals surface area contributed by atoms with Gasteiger partial charge in [-0.1, -0.05) is 42.1 Å². The number of thioether (sulfide) groups is 1. The topological polar surface area (TPSA) is 69.0 Å². The van der Waals surface area contributed by atoms with Crippen molar-refractivity contribution in [3.63, 3.8) is 0 Å². The number of carbonyl (C=O) groups excluding carboxylic acids is 1. The molecule has 1 amide bonds. The average Bonchev–Trinajstić information content (AvgIpc) is 3.27. The van der Waals surface area contributed by atoms with Crippen molar-refractivity contribution in [2.75, 3.05) is 12.4 Å². The lowest BCUT2D eigenvalue weighted by Gasteiger charge is -2.17. The highest BCUT2D eigenvalue weighted by Gasteiger charge is 2.26. The summed E-state index contributed by atoms with van der Waals surface area (Å²) in [6.45, 7) is 2.65. The van der Waals surface area contributed by atoms with Crippen molar-refractivity contribution in [2.24, 2.45) is 0 Å². The fourth-order valence-corrected chi connectivity index (χ4v) is 4.46. The van der Waals surface area contributed by atoms with E-state index in [1.165, 1.54) is 36.0 Å². The second-order valence-electron chi connectivity index (χ2n) is 7.18. The molecule has 0 spiro atoms. The summed E-state index contributed by atoms with van der Waals surface area (Å²) < 4.78 is 20.5. The Bertz CT molecular complexity index is 1210. The quantitative estimate of drug-likeness (QED) is 0.346. The number of rotatable bonds is 8. The summed E-state index contributed by atoms with van der Waals surface area (Å²) >= 11 is 1.33. The molecule has 4 rings (SSSR count). The molecule has 4 aromatic rings. The smallest absolute Gasteiger partial charge is 0.242 e. The van der Waals surface area contributed by atoms with Gasteiger partial charge >= 0.3 is 0 Å². The van der Waals surface area contributed by atoms with E-state index < -0.39 is 5.25 Å². The van der Waals surface area contributed by atoms with Crippen LogP contribution in [0.5, 0.6) is 5.75 Å². The monoisotopic (exact) mass is 462 g/mol. The number of hydrogen-bond donors (Lipinski definition) is 1. The lowest BCUT2D eigenvalue weighted by Crippen LogP contribution is -2.19. The summed E-state index contributed by atoms with van der Waals surface area (Å²) in [6.07, 6.45) is 0. The number of benzene rings is 3. The molecule has 1 aromatic heterocycles. The molecule has 168 valence electrons. The number of ether oxygens (including phenoxy) is 1. The predicted octanol–water partition coefficient (Wildman–Crippen LogP) is 5.58. The van der Waals surface area contributed by atoms with E-state index in [0.717, 1.165) is 16.9 Å². The van der Waals surface area contributed by atoms with E-state index in [-0.39, 0.29) is 11.7 Å². The third-order valence-corrected chi connectivity index (χ3v) is 6.29. The van der Waals surface area contributed by atoms with Crippen molar-refractivity contribution < 1.29 is 13.9 Å². The number of methoxy groups -OCH3 is 1. The molecule has 0 aliphatic heterocycles. The molecular formula is C25H23FN4O2S. The van der Waals surface area contributed by atoms with Crippen molar-refractivity contribution in [3.8, 4) is 17.1 Å². The van der Waals surface area contributed by atoms with Crippen LogP contribution in [0.4, 0.5) is 10.1 Å². The molecule has 0 aliphatic rings. The molecule has 6 nitrogen and oxygen atoms in total. The first-order valence-corrected chi connectivity index (χ1v) is 11.3. The SMILES string of the molecule is CCn1c(SC(C(=O)Nc2ccc(F)cc2)c2ccccc2)nnc1-c1ccc(OC)cc1. The fourth-order valence-electron chi connectivity index (χ4n) is 3.36. The number of hydrogen-bond acceptors (Lipinski definition) is 5. The van der Waals surface area contributed by atoms with Crippen LogP contribution in [0, 0.1) is 5.82 Å². The molecule has 0 fully saturated rings. The molecule has 0 radical (unpaired) electrons. The zero-order chi connectivity index (χ0) is 23.2. The lowest BCUT2D eigenvalue weighted by atomic mass is 10.1. The van der Waals surface area contributed by atoms with E-state index in [1.54, 1.807) is 7.11 Å². The maximum absolute atomic E-state index is 13.3. The molecule has 1 N–H and O–H groups in total. The van der Waals surface area contributed by atoms with Gasteiger partial charge in [-0.15, -0.1) is 10.2 Å². The van der Waals surface area contributed by atoms with Gasteiger partial charge in [0.05, 0.1) is 7.11 Å². The number of anilines is 1. The molecule has 8 heteroatoms. The van der Waals surface area contributed by atoms with Crippen LogP contribution in [0.3, 0.4) is 0 Å². The number of nitrogens with zero attached hydrogens (tertiary/aromatic N) is 3. The zero-order valence-electron chi connectivity index (χ0n) is 18.2. The minimum atomic E-state index is -0.575. The van der Waals surface area contributed by atoms with Crippen molar-refractivity contribution in [1.29, 1.82) is 0 Å². The normalized spacial score (nSPS) is 11.7. The van der Waals surface area contributed by atoms with Crippen LogP contribution in [0.1, 0.15) is 17.7 Å². The van der Waals surface area contributed by atoms with Gasteiger partial charge in [-0.05, 0) is 61.0 Å². The molecule has 0 bridgehead atoms. The van der Waals surface area contributed by atoms with Crippen molar-refractivity contribution in [2.45, 2.75) is 23.9 Å². The molecule has 0 saturated carbocycles. The Balaban J connectivity index is 1.64. The van der Waals surface area contributed by atoms with Gasteiger partial charge in [0.1, 0.15) is 16.8 Å². The highest BCUT2D eigenvalue weighted by atomic mass is 32.2. The Hall–Kier alpha value is -3.65. The van der Waals surface area contributed by atoms with Gasteiger partial charge in [0, 0.05) is 17.8 Å². The summed E-state index contributed by atoms with van der Waals surface area (Å²) in [5.41, 5.74) is 2.27. The second-order valence-corrected chi connectivity index (χ2v) is 8.26. The van der Waals surface area contributed by atoms with Crippen molar-refractivity contribution in [1.82, 2.24) is 14.8 Å². The van der Waals surface area contributed by atoms with Gasteiger partial charge in [-0.25, -0.2) is 4.39 Å². The third kappa shape index (κ3) is 5.23. The van der Waals surface area contributed by atoms with Crippen molar-refractivity contribution in [3.05, 3.63) is 90.2 Å². The van der Waals surface area contributed by atoms with Crippen LogP contribution in [-0.2, 0) is 11.3 Å². The first-order valence-electron chi connectivity index (χ1n) is 10.4. The van der Waals surface area contributed by atoms with Gasteiger partial charge in [-0.3, -0.25) is 4.79 Å². The van der Waals surface area contributed by atoms with E-state index in [0.29, 0.717) is 23.2 Å². The number of aromatic nitrogens is 3. The van der Waals surface area contributed by atoms with Crippen LogP contribution in [-0.4, -0.2) is 27.8 Å². The number of nitrogens with one attached hydrogen (secondary N) is 1. The molecule has 0 aliphatic carbocycles. The summed E-state index contributed by atoms with van der Waals surface area (Å²) in [4.78, 5) is 13.3. The van der Waals surface area contributed by atoms with E-state index in [2.05, 4.69) is 15.5 Å². The number of halogens is 1. The minimum Gasteiger partial charge on any atom is -0.497 e. The first kappa shape index (κ1) is 22.5. The predicted molar refractivity (Wildman–Crippen MR) is 128 cm³/mol. The summed E-state index contributed by atoms with van der Waals surface area (Å²) in [6, 6.07) is 22.8. The summed E-state index contributed by atoms with van der Waals surface area (Å²) in [5.74, 6) is 0.893. The Kier molecular flexibility index (Phi) is 7.04. The standard InChI is InChI=1S/C25H23FN4O2S/c1-3-30-23(18-9-15-21(32-2)16-10-18)28-29-25(30)33-22(17-7-5-4-6-8-17)24(31)27-20-13-11-19(26)12-14-20/h4-16,22H,3H2,1-2H3,(H,27,31). The maximum atomic E-state index is 13.3. The van der Waals surface area contributed by atoms with E-state index in [9.17, 15) is 9.18 Å². The largest absolute Gasteiger partial charge is 0.497 e. The third-order valence-electron chi connectivity index (χ3n) is 5.06. The Morgan fingerprint density at radius 1 is 1.03 bits per heavy atom. The summed E-state index contributed by atoms with van der Waals surface area (Å²) in [7, 11) is 1.62. The molecular weight excluding hydrogens is 439 g/mol. The molecule has 33 heavy (non-hydrogen) atoms. The minimum absolute atomic E-state index is 0.227. The van der Waals surface area contributed by atoms with Gasteiger partial charge in [0.15, 0.2) is 11.0 Å². The number of carbonyl (C=O) groups is 1. The van der Waals surface area contributed by atoms with Gasteiger partial charge in [-0.2, -0.15) is 0 Å². The number of amides is 1. The van der Waals surface area contributed by atoms with Crippen LogP contribution in [0.15, 0.2) is 84.0 Å². The van der Waals surface area contributed by atoms with Gasteiger partial charge in [0.2, 0.25) is 5.91 Å². The lowest BCUT2D eigenvalue weighted by molar-refractivity contribution is -0.115. The molecule has 1 heterocycles. The van der Waals surface area contributed by atoms with Crippen LogP contribution < -0.4 is 10.1 Å². The maximum Gasteiger partial charge on any atom is 0.242 e. The van der Waals surface area contributed by atoms with E-state index in [4.69, 9.17) is 4.74 Å². The Morgan fingerprint density at radius 2 is 1.73 bits per heavy atom. The van der Waals surface area contributed by atoms with E-state index in [1.807, 2.05) is 66.1 Å². The molecule has 0 saturated heterocycles. The highest BCUT2D eigenvalue weighted by Crippen LogP contribution is 2.37. The Morgan fingerprint density at radius 3 is 2.36 bits per heavy atom. The van der Waals surface area contributed by atoms with Crippen LogP contribution >= 0.6 is 11.8 Å². The highest BCUT2D eigenvalue weighted by molar-refractivity contribution is 8.00. The zero-order valence-corrected chi connectivity index (χ0v) is 19.1. The Labute approximate surface area is 195 Å². The van der Waals surface area contributed by atoms with Crippen molar-refractivity contribution >= 4 is 23.4 Å². The van der Waals surface area contributed by atoms with Gasteiger partial charge in [0.25, 0.3) is 0 Å². The fraction of sp³-hybridized carbons (Fsp3) is 0.160. The second kappa shape index (κ2) is 10.3. The van der Waals surface area contributed by atoms with Crippen LogP contribution in [0.25, 0.3) is 11.4 Å².